The maximum atomic E-state index is 4.70. The van der Waals surface area contributed by atoms with Crippen molar-refractivity contribution < 1.29 is 0 Å². The van der Waals surface area contributed by atoms with Crippen LogP contribution in [0.15, 0.2) is 6.07 Å². The van der Waals surface area contributed by atoms with Gasteiger partial charge >= 0.3 is 0 Å². The molecular weight excluding hydrogens is 260 g/mol. The van der Waals surface area contributed by atoms with Gasteiger partial charge in [0.25, 0.3) is 0 Å². The van der Waals surface area contributed by atoms with Crippen molar-refractivity contribution in [2.45, 2.75) is 65.8 Å². The number of rotatable bonds is 6. The van der Waals surface area contributed by atoms with Gasteiger partial charge in [-0.05, 0) is 31.6 Å². The van der Waals surface area contributed by atoms with Gasteiger partial charge in [-0.15, -0.1) is 0 Å². The Bertz CT molecular complexity index is 422. The van der Waals surface area contributed by atoms with Crippen molar-refractivity contribution in [3.05, 3.63) is 11.9 Å². The predicted octanol–water partition coefficient (Wildman–Crippen LogP) is 4.10. The van der Waals surface area contributed by atoms with Crippen LogP contribution < -0.4 is 10.6 Å². The minimum atomic E-state index is 0.535. The summed E-state index contributed by atoms with van der Waals surface area (Å²) in [6, 6.07) is 2.59. The molecule has 3 atom stereocenters. The lowest BCUT2D eigenvalue weighted by Gasteiger charge is -2.35. The van der Waals surface area contributed by atoms with E-state index in [2.05, 4.69) is 49.4 Å². The van der Waals surface area contributed by atoms with Gasteiger partial charge in [-0.1, -0.05) is 33.6 Å². The fourth-order valence-electron chi connectivity index (χ4n) is 3.15. The van der Waals surface area contributed by atoms with Gasteiger partial charge in [-0.2, -0.15) is 0 Å². The first-order valence-electron chi connectivity index (χ1n) is 8.52. The van der Waals surface area contributed by atoms with E-state index in [1.807, 2.05) is 0 Å². The molecule has 0 bridgehead atoms. The number of nitrogens with one attached hydrogen (secondary N) is 2. The lowest BCUT2D eigenvalue weighted by atomic mass is 9.78. The fourth-order valence-corrected chi connectivity index (χ4v) is 3.15. The SMILES string of the molecule is CCCc1nc(NCC)cc(NC2CCCC(C)C2C)n1. The Morgan fingerprint density at radius 3 is 2.62 bits per heavy atom. The quantitative estimate of drug-likeness (QED) is 0.828. The zero-order valence-electron chi connectivity index (χ0n) is 13.9. The highest BCUT2D eigenvalue weighted by atomic mass is 15.1. The van der Waals surface area contributed by atoms with Crippen molar-refractivity contribution >= 4 is 11.6 Å². The van der Waals surface area contributed by atoms with Crippen LogP contribution in [0.2, 0.25) is 0 Å². The van der Waals surface area contributed by atoms with Gasteiger partial charge in [0.1, 0.15) is 17.5 Å². The molecule has 4 nitrogen and oxygen atoms in total. The van der Waals surface area contributed by atoms with E-state index in [1.165, 1.54) is 19.3 Å². The second kappa shape index (κ2) is 7.62. The maximum absolute atomic E-state index is 4.70. The van der Waals surface area contributed by atoms with Crippen molar-refractivity contribution in [2.24, 2.45) is 11.8 Å². The van der Waals surface area contributed by atoms with Gasteiger partial charge in [0, 0.05) is 25.1 Å². The molecule has 0 radical (unpaired) electrons. The molecule has 1 heterocycles. The standard InChI is InChI=1S/C17H30N4/c1-5-8-15-20-16(18-6-2)11-17(21-15)19-14-10-7-9-12(3)13(14)4/h11-14H,5-10H2,1-4H3,(H2,18,19,20,21). The van der Waals surface area contributed by atoms with Crippen LogP contribution >= 0.6 is 0 Å². The summed E-state index contributed by atoms with van der Waals surface area (Å²) in [7, 11) is 0. The first kappa shape index (κ1) is 16.1. The molecule has 2 N–H and O–H groups in total. The molecule has 1 saturated carbocycles. The molecule has 118 valence electrons. The number of aromatic nitrogens is 2. The van der Waals surface area contributed by atoms with Gasteiger partial charge in [-0.3, -0.25) is 0 Å². The number of hydrogen-bond donors (Lipinski definition) is 2. The van der Waals surface area contributed by atoms with E-state index in [0.717, 1.165) is 42.8 Å². The summed E-state index contributed by atoms with van der Waals surface area (Å²) < 4.78 is 0. The summed E-state index contributed by atoms with van der Waals surface area (Å²) in [4.78, 5) is 9.27. The molecule has 1 aliphatic rings. The molecule has 0 amide bonds. The van der Waals surface area contributed by atoms with Crippen molar-refractivity contribution in [3.63, 3.8) is 0 Å². The molecule has 1 aliphatic carbocycles. The minimum absolute atomic E-state index is 0.535. The van der Waals surface area contributed by atoms with Crippen molar-refractivity contribution in [2.75, 3.05) is 17.2 Å². The third-order valence-electron chi connectivity index (χ3n) is 4.64. The molecular formula is C17H30N4. The second-order valence-corrected chi connectivity index (χ2v) is 6.35. The van der Waals surface area contributed by atoms with Crippen LogP contribution in [-0.2, 0) is 6.42 Å². The maximum Gasteiger partial charge on any atom is 0.133 e. The van der Waals surface area contributed by atoms with Crippen LogP contribution in [-0.4, -0.2) is 22.6 Å². The Hall–Kier alpha value is -1.32. The number of aryl methyl sites for hydroxylation is 1. The highest BCUT2D eigenvalue weighted by Crippen LogP contribution is 2.31. The van der Waals surface area contributed by atoms with Crippen molar-refractivity contribution in [1.82, 2.24) is 9.97 Å². The van der Waals surface area contributed by atoms with Gasteiger partial charge in [-0.25, -0.2) is 9.97 Å². The Kier molecular flexibility index (Phi) is 5.83. The van der Waals surface area contributed by atoms with Crippen LogP contribution in [0.25, 0.3) is 0 Å². The van der Waals surface area contributed by atoms with E-state index in [1.54, 1.807) is 0 Å². The molecule has 0 spiro atoms. The molecule has 1 fully saturated rings. The minimum Gasteiger partial charge on any atom is -0.370 e. The van der Waals surface area contributed by atoms with Crippen LogP contribution in [0.5, 0.6) is 0 Å². The molecule has 0 saturated heterocycles. The molecule has 3 unspecified atom stereocenters. The Balaban J connectivity index is 2.13. The van der Waals surface area contributed by atoms with Crippen molar-refractivity contribution in [1.29, 1.82) is 0 Å². The lowest BCUT2D eigenvalue weighted by molar-refractivity contribution is 0.253. The predicted molar refractivity (Wildman–Crippen MR) is 89.8 cm³/mol. The largest absolute Gasteiger partial charge is 0.370 e. The molecule has 0 aromatic carbocycles. The van der Waals surface area contributed by atoms with E-state index >= 15 is 0 Å². The van der Waals surface area contributed by atoms with Crippen molar-refractivity contribution in [3.8, 4) is 0 Å². The van der Waals surface area contributed by atoms with Crippen LogP contribution in [0.3, 0.4) is 0 Å². The summed E-state index contributed by atoms with van der Waals surface area (Å²) in [6.45, 7) is 9.88. The van der Waals surface area contributed by atoms with Gasteiger partial charge < -0.3 is 10.6 Å². The average molecular weight is 290 g/mol. The normalized spacial score (nSPS) is 25.6. The zero-order valence-corrected chi connectivity index (χ0v) is 13.9. The monoisotopic (exact) mass is 290 g/mol. The van der Waals surface area contributed by atoms with Crippen LogP contribution in [0.1, 0.15) is 59.2 Å². The first-order valence-corrected chi connectivity index (χ1v) is 8.52. The topological polar surface area (TPSA) is 49.8 Å². The van der Waals surface area contributed by atoms with Crippen LogP contribution in [0.4, 0.5) is 11.6 Å². The molecule has 21 heavy (non-hydrogen) atoms. The summed E-state index contributed by atoms with van der Waals surface area (Å²) in [6.07, 6.45) is 5.93. The molecule has 0 aliphatic heterocycles. The van der Waals surface area contributed by atoms with E-state index in [-0.39, 0.29) is 0 Å². The van der Waals surface area contributed by atoms with Gasteiger partial charge in [0.15, 0.2) is 0 Å². The zero-order chi connectivity index (χ0) is 15.2. The van der Waals surface area contributed by atoms with E-state index in [9.17, 15) is 0 Å². The molecule has 2 rings (SSSR count). The van der Waals surface area contributed by atoms with Crippen LogP contribution in [0, 0.1) is 11.8 Å². The highest BCUT2D eigenvalue weighted by Gasteiger charge is 2.27. The van der Waals surface area contributed by atoms with E-state index < -0.39 is 0 Å². The number of nitrogens with zero attached hydrogens (tertiary/aromatic N) is 2. The van der Waals surface area contributed by atoms with E-state index in [4.69, 9.17) is 4.98 Å². The second-order valence-electron chi connectivity index (χ2n) is 6.35. The Labute approximate surface area is 129 Å². The Morgan fingerprint density at radius 1 is 1.14 bits per heavy atom. The first-order chi connectivity index (χ1) is 10.1. The molecule has 1 aromatic heterocycles. The van der Waals surface area contributed by atoms with Gasteiger partial charge in [0.2, 0.25) is 0 Å². The highest BCUT2D eigenvalue weighted by molar-refractivity contribution is 5.48. The van der Waals surface area contributed by atoms with Gasteiger partial charge in [0.05, 0.1) is 0 Å². The number of anilines is 2. The third-order valence-corrected chi connectivity index (χ3v) is 4.64. The van der Waals surface area contributed by atoms with E-state index in [0.29, 0.717) is 12.0 Å². The summed E-state index contributed by atoms with van der Waals surface area (Å²) >= 11 is 0. The lowest BCUT2D eigenvalue weighted by Crippen LogP contribution is -2.35. The molecule has 1 aromatic rings. The summed E-state index contributed by atoms with van der Waals surface area (Å²) in [5, 5.41) is 6.98. The number of hydrogen-bond acceptors (Lipinski definition) is 4. The molecule has 4 heteroatoms. The third kappa shape index (κ3) is 4.32. The fraction of sp³-hybridized carbons (Fsp3) is 0.765. The summed E-state index contributed by atoms with van der Waals surface area (Å²) in [5.74, 6) is 4.35. The summed E-state index contributed by atoms with van der Waals surface area (Å²) in [5.41, 5.74) is 0. The average Bonchev–Trinajstić information content (AvgIpc) is 2.44. The smallest absolute Gasteiger partial charge is 0.133 e. The Morgan fingerprint density at radius 2 is 1.90 bits per heavy atom.